The molecular formula is C20H22N2O4S. The topological polar surface area (TPSA) is 79.6 Å². The number of hydrogen-bond donors (Lipinski definition) is 1. The van der Waals surface area contributed by atoms with Gasteiger partial charge in [0.25, 0.3) is 5.91 Å². The molecule has 7 heteroatoms. The maximum Gasteiger partial charge on any atom is 0.336 e. The van der Waals surface area contributed by atoms with Crippen molar-refractivity contribution in [3.8, 4) is 0 Å². The first kappa shape index (κ1) is 18.1. The van der Waals surface area contributed by atoms with E-state index in [1.54, 1.807) is 11.8 Å². The van der Waals surface area contributed by atoms with Crippen molar-refractivity contribution in [2.45, 2.75) is 45.2 Å². The molecule has 2 fully saturated rings. The van der Waals surface area contributed by atoms with Crippen molar-refractivity contribution in [1.29, 1.82) is 0 Å². The lowest BCUT2D eigenvalue weighted by Gasteiger charge is -2.20. The molecular weight excluding hydrogens is 364 g/mol. The van der Waals surface area contributed by atoms with Gasteiger partial charge in [-0.15, -0.1) is 0 Å². The number of amides is 3. The lowest BCUT2D eigenvalue weighted by Crippen LogP contribution is -2.46. The molecule has 1 unspecified atom stereocenters. The molecule has 0 saturated carbocycles. The Balaban J connectivity index is 1.77. The largest absolute Gasteiger partial charge is 0.423 e. The number of aryl methyl sites for hydroxylation is 1. The summed E-state index contributed by atoms with van der Waals surface area (Å²) in [6.45, 7) is 6.26. The van der Waals surface area contributed by atoms with Crippen LogP contribution in [0.5, 0.6) is 0 Å². The van der Waals surface area contributed by atoms with E-state index in [1.807, 2.05) is 19.1 Å². The van der Waals surface area contributed by atoms with Crippen LogP contribution in [-0.2, 0) is 11.3 Å². The minimum absolute atomic E-state index is 0.0692. The predicted molar refractivity (Wildman–Crippen MR) is 105 cm³/mol. The molecule has 1 N–H and O–H groups in total. The Kier molecular flexibility index (Phi) is 4.29. The number of nitrogens with one attached hydrogen (secondary N) is 1. The fourth-order valence-corrected chi connectivity index (χ4v) is 5.29. The van der Waals surface area contributed by atoms with E-state index < -0.39 is 11.2 Å². The normalized spacial score (nSPS) is 22.4. The van der Waals surface area contributed by atoms with E-state index in [2.05, 4.69) is 19.2 Å². The Hall–Kier alpha value is -2.28. The predicted octanol–water partition coefficient (Wildman–Crippen LogP) is 3.15. The van der Waals surface area contributed by atoms with Gasteiger partial charge in [0, 0.05) is 17.2 Å². The van der Waals surface area contributed by atoms with Crippen molar-refractivity contribution in [3.63, 3.8) is 0 Å². The van der Waals surface area contributed by atoms with E-state index >= 15 is 0 Å². The van der Waals surface area contributed by atoms with Crippen LogP contribution in [0.25, 0.3) is 11.0 Å². The SMILES string of the molecule is Cc1cc2oc(=O)cc(CN3C(=O)NC4(CCSC4)C3=O)c2cc1C(C)C. The van der Waals surface area contributed by atoms with Crippen LogP contribution in [0.4, 0.5) is 4.79 Å². The van der Waals surface area contributed by atoms with Crippen molar-refractivity contribution < 1.29 is 14.0 Å². The minimum Gasteiger partial charge on any atom is -0.423 e. The smallest absolute Gasteiger partial charge is 0.336 e. The summed E-state index contributed by atoms with van der Waals surface area (Å²) in [7, 11) is 0. The van der Waals surface area contributed by atoms with Crippen molar-refractivity contribution >= 4 is 34.7 Å². The number of carbonyl (C=O) groups is 2. The second-order valence-corrected chi connectivity index (χ2v) is 8.76. The van der Waals surface area contributed by atoms with Gasteiger partial charge in [0.2, 0.25) is 0 Å². The second kappa shape index (κ2) is 6.41. The number of rotatable bonds is 3. The van der Waals surface area contributed by atoms with Crippen LogP contribution >= 0.6 is 11.8 Å². The number of urea groups is 1. The van der Waals surface area contributed by atoms with Crippen molar-refractivity contribution in [2.24, 2.45) is 0 Å². The molecule has 1 aromatic heterocycles. The first-order valence-electron chi connectivity index (χ1n) is 9.10. The highest BCUT2D eigenvalue weighted by molar-refractivity contribution is 7.99. The Morgan fingerprint density at radius 3 is 2.70 bits per heavy atom. The summed E-state index contributed by atoms with van der Waals surface area (Å²) in [6, 6.07) is 4.86. The molecule has 4 rings (SSSR count). The third kappa shape index (κ3) is 2.94. The van der Waals surface area contributed by atoms with Gasteiger partial charge < -0.3 is 9.73 Å². The first-order chi connectivity index (χ1) is 12.8. The summed E-state index contributed by atoms with van der Waals surface area (Å²) < 4.78 is 5.37. The van der Waals surface area contributed by atoms with Crippen LogP contribution in [-0.4, -0.2) is 33.9 Å². The minimum atomic E-state index is -0.781. The zero-order valence-corrected chi connectivity index (χ0v) is 16.4. The van der Waals surface area contributed by atoms with E-state index in [9.17, 15) is 14.4 Å². The van der Waals surface area contributed by atoms with Gasteiger partial charge >= 0.3 is 11.7 Å². The highest BCUT2D eigenvalue weighted by Crippen LogP contribution is 2.35. The van der Waals surface area contributed by atoms with Crippen LogP contribution in [0.2, 0.25) is 0 Å². The van der Waals surface area contributed by atoms with Crippen LogP contribution in [0.15, 0.2) is 27.4 Å². The summed E-state index contributed by atoms with van der Waals surface area (Å²) >= 11 is 1.67. The van der Waals surface area contributed by atoms with Gasteiger partial charge in [0.05, 0.1) is 6.54 Å². The molecule has 2 saturated heterocycles. The Morgan fingerprint density at radius 2 is 2.04 bits per heavy atom. The molecule has 3 heterocycles. The molecule has 1 atom stereocenters. The van der Waals surface area contributed by atoms with Gasteiger partial charge in [-0.05, 0) is 53.8 Å². The third-order valence-electron chi connectivity index (χ3n) is 5.43. The molecule has 6 nitrogen and oxygen atoms in total. The summed E-state index contributed by atoms with van der Waals surface area (Å²) in [5.41, 5.74) is 2.06. The highest BCUT2D eigenvalue weighted by atomic mass is 32.2. The van der Waals surface area contributed by atoms with Crippen molar-refractivity contribution in [2.75, 3.05) is 11.5 Å². The zero-order chi connectivity index (χ0) is 19.3. The number of carbonyl (C=O) groups excluding carboxylic acids is 2. The van der Waals surface area contributed by atoms with Gasteiger partial charge in [-0.25, -0.2) is 9.59 Å². The third-order valence-corrected chi connectivity index (χ3v) is 6.62. The lowest BCUT2D eigenvalue weighted by molar-refractivity contribution is -0.130. The highest BCUT2D eigenvalue weighted by Gasteiger charge is 2.52. The fourth-order valence-electron chi connectivity index (χ4n) is 3.97. The average Bonchev–Trinajstić information content (AvgIpc) is 3.15. The van der Waals surface area contributed by atoms with Crippen LogP contribution in [0.1, 0.15) is 42.9 Å². The maximum absolute atomic E-state index is 12.9. The van der Waals surface area contributed by atoms with Gasteiger partial charge in [0.15, 0.2) is 0 Å². The molecule has 0 bridgehead atoms. The molecule has 1 spiro atoms. The number of fused-ring (bicyclic) bond motifs is 1. The summed E-state index contributed by atoms with van der Waals surface area (Å²) in [5.74, 6) is 1.57. The first-order valence-corrected chi connectivity index (χ1v) is 10.3. The van der Waals surface area contributed by atoms with Crippen LogP contribution in [0, 0.1) is 6.92 Å². The van der Waals surface area contributed by atoms with E-state index in [4.69, 9.17) is 4.42 Å². The molecule has 142 valence electrons. The number of imide groups is 1. The Labute approximate surface area is 161 Å². The van der Waals surface area contributed by atoms with Gasteiger partial charge in [-0.2, -0.15) is 11.8 Å². The number of hydrogen-bond acceptors (Lipinski definition) is 5. The Morgan fingerprint density at radius 1 is 1.26 bits per heavy atom. The van der Waals surface area contributed by atoms with E-state index in [1.165, 1.54) is 11.0 Å². The standard InChI is InChI=1S/C20H22N2O4S/c1-11(2)14-8-15-13(7-17(23)26-16(15)6-12(14)3)9-22-18(24)20(21-19(22)25)4-5-27-10-20/h6-8,11H,4-5,9-10H2,1-3H3,(H,21,25). The summed E-state index contributed by atoms with van der Waals surface area (Å²) in [5, 5.41) is 3.64. The molecule has 0 aliphatic carbocycles. The van der Waals surface area contributed by atoms with Gasteiger partial charge in [-0.3, -0.25) is 9.69 Å². The average molecular weight is 386 g/mol. The molecule has 27 heavy (non-hydrogen) atoms. The quantitative estimate of drug-likeness (QED) is 0.647. The second-order valence-electron chi connectivity index (χ2n) is 7.66. The number of thioether (sulfide) groups is 1. The van der Waals surface area contributed by atoms with Crippen molar-refractivity contribution in [3.05, 3.63) is 45.3 Å². The van der Waals surface area contributed by atoms with Crippen LogP contribution in [0.3, 0.4) is 0 Å². The summed E-state index contributed by atoms with van der Waals surface area (Å²) in [4.78, 5) is 38.7. The maximum atomic E-state index is 12.9. The lowest BCUT2D eigenvalue weighted by atomic mass is 9.94. The molecule has 0 radical (unpaired) electrons. The number of benzene rings is 1. The monoisotopic (exact) mass is 386 g/mol. The van der Waals surface area contributed by atoms with Crippen molar-refractivity contribution in [1.82, 2.24) is 10.2 Å². The van der Waals surface area contributed by atoms with Gasteiger partial charge in [-0.1, -0.05) is 13.8 Å². The molecule has 2 aromatic rings. The zero-order valence-electron chi connectivity index (χ0n) is 15.6. The summed E-state index contributed by atoms with van der Waals surface area (Å²) in [6.07, 6.45) is 0.646. The van der Waals surface area contributed by atoms with E-state index in [0.29, 0.717) is 29.2 Å². The van der Waals surface area contributed by atoms with E-state index in [-0.39, 0.29) is 18.5 Å². The van der Waals surface area contributed by atoms with Crippen LogP contribution < -0.4 is 10.9 Å². The molecule has 2 aliphatic heterocycles. The van der Waals surface area contributed by atoms with E-state index in [0.717, 1.165) is 22.3 Å². The molecule has 1 aromatic carbocycles. The molecule has 2 aliphatic rings. The number of nitrogens with zero attached hydrogens (tertiary/aromatic N) is 1. The van der Waals surface area contributed by atoms with Gasteiger partial charge in [0.1, 0.15) is 11.1 Å². The fraction of sp³-hybridized carbons (Fsp3) is 0.450. The molecule has 3 amide bonds. The Bertz CT molecular complexity index is 1000.